The summed E-state index contributed by atoms with van der Waals surface area (Å²) < 4.78 is 5.03. The highest BCUT2D eigenvalue weighted by Crippen LogP contribution is 2.13. The maximum atomic E-state index is 11.5. The van der Waals surface area contributed by atoms with Crippen molar-refractivity contribution >= 4 is 11.9 Å². The fraction of sp³-hybridized carbons (Fsp3) is 0.429. The van der Waals surface area contributed by atoms with Gasteiger partial charge in [-0.3, -0.25) is 10.2 Å². The number of ether oxygens (including phenoxy) is 1. The van der Waals surface area contributed by atoms with Crippen LogP contribution in [0.25, 0.3) is 0 Å². The Bertz CT molecular complexity index is 434. The van der Waals surface area contributed by atoms with Gasteiger partial charge in [0.1, 0.15) is 6.61 Å². The first-order valence-corrected chi connectivity index (χ1v) is 6.50. The summed E-state index contributed by atoms with van der Waals surface area (Å²) in [6, 6.07) is 9.15. The van der Waals surface area contributed by atoms with E-state index in [1.54, 1.807) is 0 Å². The van der Waals surface area contributed by atoms with E-state index in [-0.39, 0.29) is 18.4 Å². The van der Waals surface area contributed by atoms with Crippen LogP contribution in [0.5, 0.6) is 0 Å². The molecule has 102 valence electrons. The summed E-state index contributed by atoms with van der Waals surface area (Å²) in [7, 11) is 0. The van der Waals surface area contributed by atoms with Crippen LogP contribution in [-0.4, -0.2) is 17.9 Å². The highest BCUT2D eigenvalue weighted by Gasteiger charge is 2.22. The second-order valence-electron chi connectivity index (χ2n) is 4.60. The van der Waals surface area contributed by atoms with Gasteiger partial charge in [-0.05, 0) is 18.4 Å². The van der Waals surface area contributed by atoms with Crippen molar-refractivity contribution in [3.05, 3.63) is 35.9 Å². The highest BCUT2D eigenvalue weighted by atomic mass is 16.6. The molecule has 0 radical (unpaired) electrons. The molecule has 1 aliphatic rings. The molecule has 5 heteroatoms. The third kappa shape index (κ3) is 4.37. The summed E-state index contributed by atoms with van der Waals surface area (Å²) >= 11 is 0. The Kier molecular flexibility index (Phi) is 4.92. The SMILES string of the molecule is O=C(NNC1CCCCC1=O)OCc1ccccc1. The molecule has 1 atom stereocenters. The highest BCUT2D eigenvalue weighted by molar-refractivity contribution is 5.84. The molecule has 5 nitrogen and oxygen atoms in total. The molecule has 1 aromatic rings. The second kappa shape index (κ2) is 6.89. The van der Waals surface area contributed by atoms with Crippen molar-refractivity contribution in [2.75, 3.05) is 0 Å². The predicted octanol–water partition coefficient (Wildman–Crippen LogP) is 1.93. The molecule has 1 unspecified atom stereocenters. The molecule has 0 saturated heterocycles. The first-order valence-electron chi connectivity index (χ1n) is 6.50. The van der Waals surface area contributed by atoms with Gasteiger partial charge in [0.15, 0.2) is 5.78 Å². The van der Waals surface area contributed by atoms with Crippen LogP contribution in [0.15, 0.2) is 30.3 Å². The number of rotatable bonds is 4. The van der Waals surface area contributed by atoms with Gasteiger partial charge in [-0.2, -0.15) is 0 Å². The van der Waals surface area contributed by atoms with Gasteiger partial charge in [0.2, 0.25) is 0 Å². The fourth-order valence-corrected chi connectivity index (χ4v) is 2.04. The Balaban J connectivity index is 1.68. The molecule has 0 aromatic heterocycles. The minimum atomic E-state index is -0.567. The Hall–Kier alpha value is -1.88. The van der Waals surface area contributed by atoms with Crippen LogP contribution in [-0.2, 0) is 16.1 Å². The minimum absolute atomic E-state index is 0.148. The molecule has 1 fully saturated rings. The molecular formula is C14H18N2O3. The predicted molar refractivity (Wildman–Crippen MR) is 70.2 cm³/mol. The molecule has 0 heterocycles. The lowest BCUT2D eigenvalue weighted by Gasteiger charge is -2.21. The van der Waals surface area contributed by atoms with Gasteiger partial charge in [-0.25, -0.2) is 10.2 Å². The average molecular weight is 262 g/mol. The average Bonchev–Trinajstić information content (AvgIpc) is 2.45. The zero-order chi connectivity index (χ0) is 13.5. The molecule has 2 rings (SSSR count). The van der Waals surface area contributed by atoms with Gasteiger partial charge in [0.25, 0.3) is 0 Å². The van der Waals surface area contributed by atoms with Crippen molar-refractivity contribution in [3.8, 4) is 0 Å². The Morgan fingerprint density at radius 2 is 2.05 bits per heavy atom. The van der Waals surface area contributed by atoms with E-state index < -0.39 is 6.09 Å². The van der Waals surface area contributed by atoms with E-state index in [1.165, 1.54) is 0 Å². The number of benzene rings is 1. The number of Topliss-reactive ketones (excluding diaryl/α,β-unsaturated/α-hetero) is 1. The maximum Gasteiger partial charge on any atom is 0.421 e. The van der Waals surface area contributed by atoms with Crippen molar-refractivity contribution in [1.82, 2.24) is 10.9 Å². The van der Waals surface area contributed by atoms with Gasteiger partial charge in [-0.15, -0.1) is 0 Å². The van der Waals surface area contributed by atoms with E-state index in [9.17, 15) is 9.59 Å². The fourth-order valence-electron chi connectivity index (χ4n) is 2.04. The number of hydrazine groups is 1. The number of carbonyl (C=O) groups excluding carboxylic acids is 2. The molecule has 0 aliphatic heterocycles. The lowest BCUT2D eigenvalue weighted by atomic mass is 9.95. The molecule has 1 aromatic carbocycles. The van der Waals surface area contributed by atoms with Crippen molar-refractivity contribution in [2.45, 2.75) is 38.3 Å². The lowest BCUT2D eigenvalue weighted by molar-refractivity contribution is -0.122. The van der Waals surface area contributed by atoms with Crippen LogP contribution in [0.3, 0.4) is 0 Å². The molecule has 1 saturated carbocycles. The van der Waals surface area contributed by atoms with Gasteiger partial charge >= 0.3 is 6.09 Å². The monoisotopic (exact) mass is 262 g/mol. The smallest absolute Gasteiger partial charge is 0.421 e. The molecular weight excluding hydrogens is 244 g/mol. The molecule has 19 heavy (non-hydrogen) atoms. The van der Waals surface area contributed by atoms with Crippen LogP contribution in [0.1, 0.15) is 31.2 Å². The van der Waals surface area contributed by atoms with E-state index in [4.69, 9.17) is 4.74 Å². The Morgan fingerprint density at radius 1 is 1.26 bits per heavy atom. The van der Waals surface area contributed by atoms with Crippen molar-refractivity contribution in [1.29, 1.82) is 0 Å². The standard InChI is InChI=1S/C14H18N2O3/c17-13-9-5-4-8-12(13)15-16-14(18)19-10-11-6-2-1-3-7-11/h1-3,6-7,12,15H,4-5,8-10H2,(H,16,18). The van der Waals surface area contributed by atoms with Crippen molar-refractivity contribution < 1.29 is 14.3 Å². The second-order valence-corrected chi connectivity index (χ2v) is 4.60. The van der Waals surface area contributed by atoms with Crippen LogP contribution < -0.4 is 10.9 Å². The largest absolute Gasteiger partial charge is 0.444 e. The van der Waals surface area contributed by atoms with Gasteiger partial charge in [0, 0.05) is 6.42 Å². The summed E-state index contributed by atoms with van der Waals surface area (Å²) in [5.74, 6) is 0.148. The maximum absolute atomic E-state index is 11.5. The Morgan fingerprint density at radius 3 is 2.79 bits per heavy atom. The summed E-state index contributed by atoms with van der Waals surface area (Å²) in [5, 5.41) is 0. The van der Waals surface area contributed by atoms with E-state index in [0.29, 0.717) is 6.42 Å². The summed E-state index contributed by atoms with van der Waals surface area (Å²) in [6.07, 6.45) is 2.72. The van der Waals surface area contributed by atoms with Crippen molar-refractivity contribution in [3.63, 3.8) is 0 Å². The zero-order valence-corrected chi connectivity index (χ0v) is 10.7. The lowest BCUT2D eigenvalue weighted by Crippen LogP contribution is -2.49. The summed E-state index contributed by atoms with van der Waals surface area (Å²) in [4.78, 5) is 23.0. The quantitative estimate of drug-likeness (QED) is 0.814. The number of carbonyl (C=O) groups is 2. The van der Waals surface area contributed by atoms with E-state index in [1.807, 2.05) is 30.3 Å². The van der Waals surface area contributed by atoms with Gasteiger partial charge in [-0.1, -0.05) is 36.8 Å². The number of hydrogen-bond acceptors (Lipinski definition) is 4. The molecule has 2 N–H and O–H groups in total. The zero-order valence-electron chi connectivity index (χ0n) is 10.7. The molecule has 0 bridgehead atoms. The van der Waals surface area contributed by atoms with E-state index in [2.05, 4.69) is 10.9 Å². The first-order chi connectivity index (χ1) is 9.25. The number of ketones is 1. The number of hydrogen-bond donors (Lipinski definition) is 2. The Labute approximate surface area is 112 Å². The van der Waals surface area contributed by atoms with Gasteiger partial charge < -0.3 is 4.74 Å². The normalized spacial score (nSPS) is 18.9. The third-order valence-electron chi connectivity index (χ3n) is 3.12. The molecule has 1 aliphatic carbocycles. The number of nitrogens with one attached hydrogen (secondary N) is 2. The van der Waals surface area contributed by atoms with E-state index >= 15 is 0 Å². The van der Waals surface area contributed by atoms with Crippen LogP contribution >= 0.6 is 0 Å². The van der Waals surface area contributed by atoms with E-state index in [0.717, 1.165) is 24.8 Å². The summed E-state index contributed by atoms with van der Waals surface area (Å²) in [5.41, 5.74) is 6.08. The third-order valence-corrected chi connectivity index (χ3v) is 3.12. The van der Waals surface area contributed by atoms with Gasteiger partial charge in [0.05, 0.1) is 6.04 Å². The first kappa shape index (κ1) is 13.5. The van der Waals surface area contributed by atoms with Crippen LogP contribution in [0.4, 0.5) is 4.79 Å². The summed E-state index contributed by atoms with van der Waals surface area (Å²) in [6.45, 7) is 0.215. The topological polar surface area (TPSA) is 67.4 Å². The van der Waals surface area contributed by atoms with Crippen LogP contribution in [0, 0.1) is 0 Å². The molecule has 1 amide bonds. The number of amides is 1. The van der Waals surface area contributed by atoms with Crippen LogP contribution in [0.2, 0.25) is 0 Å². The van der Waals surface area contributed by atoms with Crippen molar-refractivity contribution in [2.24, 2.45) is 0 Å². The molecule has 0 spiro atoms. The minimum Gasteiger partial charge on any atom is -0.444 e.